The van der Waals surface area contributed by atoms with Gasteiger partial charge in [0.2, 0.25) is 0 Å². The zero-order valence-electron chi connectivity index (χ0n) is 14.3. The van der Waals surface area contributed by atoms with Crippen LogP contribution in [0, 0.1) is 0 Å². The van der Waals surface area contributed by atoms with Gasteiger partial charge in [0.05, 0.1) is 5.52 Å². The van der Waals surface area contributed by atoms with Crippen molar-refractivity contribution in [2.75, 3.05) is 0 Å². The van der Waals surface area contributed by atoms with E-state index in [0.717, 1.165) is 0 Å². The summed E-state index contributed by atoms with van der Waals surface area (Å²) in [5.74, 6) is 0. The SMILES string of the molecule is c1ccc(P(c2ccccc2)c2cccc3c2[nH]c2ccccc23)cc1. The van der Waals surface area contributed by atoms with E-state index in [2.05, 4.69) is 108 Å². The van der Waals surface area contributed by atoms with Crippen LogP contribution in [-0.2, 0) is 0 Å². The lowest BCUT2D eigenvalue weighted by Crippen LogP contribution is -2.21. The van der Waals surface area contributed by atoms with E-state index < -0.39 is 7.92 Å². The molecule has 2 heteroatoms. The van der Waals surface area contributed by atoms with Crippen molar-refractivity contribution in [1.29, 1.82) is 0 Å². The molecule has 0 aliphatic heterocycles. The average molecular weight is 351 g/mol. The molecule has 1 N–H and O–H groups in total. The number of rotatable bonds is 3. The van der Waals surface area contributed by atoms with Crippen LogP contribution in [0.4, 0.5) is 0 Å². The van der Waals surface area contributed by atoms with Gasteiger partial charge in [-0.05, 0) is 24.6 Å². The maximum atomic E-state index is 3.68. The highest BCUT2D eigenvalue weighted by molar-refractivity contribution is 7.80. The molecule has 0 radical (unpaired) electrons. The zero-order valence-corrected chi connectivity index (χ0v) is 15.2. The Kier molecular flexibility index (Phi) is 3.81. The van der Waals surface area contributed by atoms with E-state index in [9.17, 15) is 0 Å². The van der Waals surface area contributed by atoms with E-state index in [-0.39, 0.29) is 0 Å². The fraction of sp³-hybridized carbons (Fsp3) is 0. The van der Waals surface area contributed by atoms with Gasteiger partial charge in [0.1, 0.15) is 0 Å². The first-order valence-electron chi connectivity index (χ1n) is 8.81. The van der Waals surface area contributed by atoms with E-state index in [1.54, 1.807) is 0 Å². The summed E-state index contributed by atoms with van der Waals surface area (Å²) in [4.78, 5) is 3.68. The number of hydrogen-bond donors (Lipinski definition) is 1. The molecule has 5 aromatic rings. The second kappa shape index (κ2) is 6.44. The third-order valence-corrected chi connectivity index (χ3v) is 7.27. The Morgan fingerprint density at radius 3 is 1.77 bits per heavy atom. The standard InChI is InChI=1S/C24H18NP/c1-3-10-18(11-4-1)26(19-12-5-2-6-13-19)23-17-9-15-21-20-14-7-8-16-22(20)25-24(21)23/h1-17,25H. The molecule has 0 fully saturated rings. The van der Waals surface area contributed by atoms with Gasteiger partial charge in [-0.3, -0.25) is 0 Å². The van der Waals surface area contributed by atoms with Crippen LogP contribution in [-0.4, -0.2) is 4.98 Å². The molecule has 0 atom stereocenters. The largest absolute Gasteiger partial charge is 0.354 e. The van der Waals surface area contributed by atoms with Crippen molar-refractivity contribution < 1.29 is 0 Å². The molecule has 0 saturated heterocycles. The third-order valence-electron chi connectivity index (χ3n) is 4.79. The summed E-state index contributed by atoms with van der Waals surface area (Å²) in [7, 11) is -0.614. The molecule has 26 heavy (non-hydrogen) atoms. The molecule has 0 unspecified atom stereocenters. The van der Waals surface area contributed by atoms with Gasteiger partial charge in [-0.15, -0.1) is 0 Å². The maximum absolute atomic E-state index is 3.68. The second-order valence-corrected chi connectivity index (χ2v) is 8.56. The Morgan fingerprint density at radius 1 is 0.500 bits per heavy atom. The highest BCUT2D eigenvalue weighted by atomic mass is 31.1. The van der Waals surface area contributed by atoms with Crippen LogP contribution in [0.3, 0.4) is 0 Å². The van der Waals surface area contributed by atoms with Crippen molar-refractivity contribution in [3.8, 4) is 0 Å². The summed E-state index contributed by atoms with van der Waals surface area (Å²) in [6.07, 6.45) is 0. The average Bonchev–Trinajstić information content (AvgIpc) is 3.10. The summed E-state index contributed by atoms with van der Waals surface area (Å²) in [5, 5.41) is 6.73. The van der Waals surface area contributed by atoms with E-state index >= 15 is 0 Å². The Labute approximate surface area is 154 Å². The number of benzene rings is 4. The predicted octanol–water partition coefficient (Wildman–Crippen LogP) is 5.08. The highest BCUT2D eigenvalue weighted by Crippen LogP contribution is 2.36. The van der Waals surface area contributed by atoms with Gasteiger partial charge in [-0.25, -0.2) is 0 Å². The molecule has 0 aliphatic rings. The van der Waals surface area contributed by atoms with Crippen LogP contribution in [0.1, 0.15) is 0 Å². The summed E-state index contributed by atoms with van der Waals surface area (Å²) in [5.41, 5.74) is 2.46. The van der Waals surface area contributed by atoms with Crippen LogP contribution in [0.15, 0.2) is 103 Å². The quantitative estimate of drug-likeness (QED) is 0.436. The minimum atomic E-state index is -0.614. The number of para-hydroxylation sites is 2. The number of aromatic amines is 1. The molecular weight excluding hydrogens is 333 g/mol. The normalized spacial score (nSPS) is 11.4. The first-order valence-corrected chi connectivity index (χ1v) is 10.2. The summed E-state index contributed by atoms with van der Waals surface area (Å²) in [6.45, 7) is 0. The first kappa shape index (κ1) is 15.4. The van der Waals surface area contributed by atoms with Gasteiger partial charge >= 0.3 is 0 Å². The minimum Gasteiger partial charge on any atom is -0.354 e. The van der Waals surface area contributed by atoms with Gasteiger partial charge < -0.3 is 4.98 Å². The van der Waals surface area contributed by atoms with Crippen LogP contribution in [0.2, 0.25) is 0 Å². The second-order valence-electron chi connectivity index (χ2n) is 6.38. The van der Waals surface area contributed by atoms with Crippen LogP contribution in [0.5, 0.6) is 0 Å². The Balaban J connectivity index is 1.82. The lowest BCUT2D eigenvalue weighted by molar-refractivity contribution is 1.56. The summed E-state index contributed by atoms with van der Waals surface area (Å²) in [6, 6.07) is 37.0. The van der Waals surface area contributed by atoms with Crippen molar-refractivity contribution in [3.05, 3.63) is 103 Å². The molecule has 124 valence electrons. The molecular formula is C24H18NP. The molecule has 0 spiro atoms. The molecule has 0 aliphatic carbocycles. The fourth-order valence-electron chi connectivity index (χ4n) is 3.63. The third kappa shape index (κ3) is 2.53. The van der Waals surface area contributed by atoms with Crippen molar-refractivity contribution in [3.63, 3.8) is 0 Å². The lowest BCUT2D eigenvalue weighted by atomic mass is 10.1. The summed E-state index contributed by atoms with van der Waals surface area (Å²) < 4.78 is 0. The highest BCUT2D eigenvalue weighted by Gasteiger charge is 2.20. The smallest absolute Gasteiger partial charge is 0.0549 e. The topological polar surface area (TPSA) is 15.8 Å². The van der Waals surface area contributed by atoms with Crippen molar-refractivity contribution in [2.24, 2.45) is 0 Å². The van der Waals surface area contributed by atoms with Gasteiger partial charge in [0.15, 0.2) is 0 Å². The van der Waals surface area contributed by atoms with E-state index in [4.69, 9.17) is 0 Å². The first-order chi connectivity index (χ1) is 12.9. The molecule has 1 nitrogen and oxygen atoms in total. The van der Waals surface area contributed by atoms with Crippen molar-refractivity contribution in [1.82, 2.24) is 4.98 Å². The molecule has 5 rings (SSSR count). The number of fused-ring (bicyclic) bond motifs is 3. The van der Waals surface area contributed by atoms with E-state index in [0.29, 0.717) is 0 Å². The van der Waals surface area contributed by atoms with Crippen molar-refractivity contribution in [2.45, 2.75) is 0 Å². The molecule has 1 aromatic heterocycles. The number of aromatic nitrogens is 1. The van der Waals surface area contributed by atoms with Crippen LogP contribution in [0.25, 0.3) is 21.8 Å². The Hall–Kier alpha value is -2.89. The van der Waals surface area contributed by atoms with Gasteiger partial charge in [-0.1, -0.05) is 97.1 Å². The van der Waals surface area contributed by atoms with Crippen molar-refractivity contribution >= 4 is 45.6 Å². The monoisotopic (exact) mass is 351 g/mol. The van der Waals surface area contributed by atoms with Crippen LogP contribution >= 0.6 is 7.92 Å². The maximum Gasteiger partial charge on any atom is 0.0549 e. The molecule has 0 bridgehead atoms. The number of nitrogens with one attached hydrogen (secondary N) is 1. The van der Waals surface area contributed by atoms with E-state index in [1.807, 2.05) is 0 Å². The summed E-state index contributed by atoms with van der Waals surface area (Å²) >= 11 is 0. The lowest BCUT2D eigenvalue weighted by Gasteiger charge is -2.20. The minimum absolute atomic E-state index is 0.614. The molecule has 0 amide bonds. The fourth-order valence-corrected chi connectivity index (χ4v) is 6.06. The van der Waals surface area contributed by atoms with Gasteiger partial charge in [0, 0.05) is 21.6 Å². The van der Waals surface area contributed by atoms with Gasteiger partial charge in [0.25, 0.3) is 0 Å². The van der Waals surface area contributed by atoms with Crippen LogP contribution < -0.4 is 15.9 Å². The number of hydrogen-bond acceptors (Lipinski definition) is 0. The molecule has 1 heterocycles. The molecule has 0 saturated carbocycles. The zero-order chi connectivity index (χ0) is 17.3. The Morgan fingerprint density at radius 2 is 1.08 bits per heavy atom. The number of H-pyrrole nitrogens is 1. The Bertz CT molecular complexity index is 1140. The van der Waals surface area contributed by atoms with Gasteiger partial charge in [-0.2, -0.15) is 0 Å². The molecule has 4 aromatic carbocycles. The predicted molar refractivity (Wildman–Crippen MR) is 115 cm³/mol. The van der Waals surface area contributed by atoms with E-state index in [1.165, 1.54) is 37.7 Å².